The minimum absolute atomic E-state index is 0.0220. The normalized spacial score (nSPS) is 30.8. The molecule has 3 heteroatoms. The molecule has 2 rings (SSSR count). The summed E-state index contributed by atoms with van der Waals surface area (Å²) in [6.07, 6.45) is 1.36. The molecular formula is C7H9NO2. The molecule has 10 heavy (non-hydrogen) atoms. The molecular weight excluding hydrogens is 130 g/mol. The van der Waals surface area contributed by atoms with Crippen LogP contribution in [0.15, 0.2) is 12.3 Å². The molecule has 0 aromatic carbocycles. The highest BCUT2D eigenvalue weighted by Gasteiger charge is 2.40. The first-order chi connectivity index (χ1) is 4.77. The van der Waals surface area contributed by atoms with Gasteiger partial charge in [0, 0.05) is 13.0 Å². The van der Waals surface area contributed by atoms with Gasteiger partial charge in [0.2, 0.25) is 5.91 Å². The van der Waals surface area contributed by atoms with Crippen LogP contribution >= 0.6 is 0 Å². The summed E-state index contributed by atoms with van der Waals surface area (Å²) in [5.41, 5.74) is 0. The first-order valence-corrected chi connectivity index (χ1v) is 3.41. The molecule has 0 radical (unpaired) electrons. The molecule has 0 aromatic heterocycles. The first kappa shape index (κ1) is 5.77. The molecule has 2 fully saturated rings. The van der Waals surface area contributed by atoms with Crippen LogP contribution in [0.25, 0.3) is 0 Å². The number of hydrogen-bond acceptors (Lipinski definition) is 2. The average Bonchev–Trinajstić information content (AvgIpc) is 1.86. The van der Waals surface area contributed by atoms with Crippen LogP contribution in [0, 0.1) is 0 Å². The molecule has 0 aliphatic carbocycles. The van der Waals surface area contributed by atoms with Crippen molar-refractivity contribution in [2.75, 3.05) is 6.54 Å². The zero-order valence-corrected chi connectivity index (χ0v) is 5.67. The van der Waals surface area contributed by atoms with Crippen LogP contribution < -0.4 is 0 Å². The molecule has 2 saturated heterocycles. The van der Waals surface area contributed by atoms with Gasteiger partial charge in [-0.1, -0.05) is 6.58 Å². The summed E-state index contributed by atoms with van der Waals surface area (Å²) in [4.78, 5) is 12.5. The number of hydrogen-bond donors (Lipinski definition) is 0. The summed E-state index contributed by atoms with van der Waals surface area (Å²) in [6, 6.07) is 0. The van der Waals surface area contributed by atoms with Gasteiger partial charge in [0.25, 0.3) is 0 Å². The summed E-state index contributed by atoms with van der Waals surface area (Å²) < 4.78 is 5.27. The first-order valence-electron chi connectivity index (χ1n) is 3.41. The van der Waals surface area contributed by atoms with Gasteiger partial charge < -0.3 is 9.64 Å². The van der Waals surface area contributed by atoms with E-state index in [4.69, 9.17) is 4.74 Å². The number of nitrogens with zero attached hydrogens (tertiary/aromatic N) is 1. The second-order valence-corrected chi connectivity index (χ2v) is 2.65. The molecule has 2 heterocycles. The van der Waals surface area contributed by atoms with Crippen molar-refractivity contribution in [2.24, 2.45) is 0 Å². The molecule has 0 aromatic rings. The Morgan fingerprint density at radius 2 is 2.50 bits per heavy atom. The van der Waals surface area contributed by atoms with Crippen LogP contribution in [0.5, 0.6) is 0 Å². The summed E-state index contributed by atoms with van der Waals surface area (Å²) in [5, 5.41) is 0. The van der Waals surface area contributed by atoms with Crippen LogP contribution in [0.1, 0.15) is 12.8 Å². The Labute approximate surface area is 59.3 Å². The number of carbonyl (C=O) groups excluding carboxylic acids is 1. The minimum atomic E-state index is 0.0220. The third-order valence-electron chi connectivity index (χ3n) is 1.95. The maximum Gasteiger partial charge on any atom is 0.231 e. The number of fused-ring (bicyclic) bond motifs is 1. The van der Waals surface area contributed by atoms with Gasteiger partial charge in [0.1, 0.15) is 0 Å². The van der Waals surface area contributed by atoms with Crippen molar-refractivity contribution in [2.45, 2.75) is 19.1 Å². The van der Waals surface area contributed by atoms with Crippen molar-refractivity contribution in [3.8, 4) is 0 Å². The molecule has 2 aliphatic rings. The summed E-state index contributed by atoms with van der Waals surface area (Å²) >= 11 is 0. The topological polar surface area (TPSA) is 29.5 Å². The van der Waals surface area contributed by atoms with Crippen LogP contribution in [-0.4, -0.2) is 23.6 Å². The summed E-state index contributed by atoms with van der Waals surface area (Å²) in [6.45, 7) is 4.49. The van der Waals surface area contributed by atoms with Gasteiger partial charge in [-0.2, -0.15) is 0 Å². The third-order valence-corrected chi connectivity index (χ3v) is 1.95. The molecule has 3 nitrogen and oxygen atoms in total. The van der Waals surface area contributed by atoms with Gasteiger partial charge in [-0.3, -0.25) is 4.79 Å². The van der Waals surface area contributed by atoms with Crippen LogP contribution in [0.3, 0.4) is 0 Å². The van der Waals surface area contributed by atoms with Gasteiger partial charge in [0.15, 0.2) is 6.23 Å². The van der Waals surface area contributed by atoms with E-state index in [2.05, 4.69) is 6.58 Å². The third kappa shape index (κ3) is 0.632. The van der Waals surface area contributed by atoms with Crippen LogP contribution in [0.2, 0.25) is 0 Å². The van der Waals surface area contributed by atoms with Crippen molar-refractivity contribution < 1.29 is 9.53 Å². The van der Waals surface area contributed by atoms with Crippen molar-refractivity contribution in [1.82, 2.24) is 4.90 Å². The average molecular weight is 139 g/mol. The van der Waals surface area contributed by atoms with Gasteiger partial charge in [-0.15, -0.1) is 0 Å². The Balaban J connectivity index is 2.05. The largest absolute Gasteiger partial charge is 0.475 e. The predicted octanol–water partition coefficient (Wildman–Crippen LogP) is 0.479. The second-order valence-electron chi connectivity index (χ2n) is 2.65. The Hall–Kier alpha value is -0.990. The summed E-state index contributed by atoms with van der Waals surface area (Å²) in [5.74, 6) is 1.02. The molecule has 0 unspecified atom stereocenters. The minimum Gasteiger partial charge on any atom is -0.475 e. The molecule has 2 aliphatic heterocycles. The highest BCUT2D eigenvalue weighted by atomic mass is 16.5. The molecule has 0 spiro atoms. The highest BCUT2D eigenvalue weighted by molar-refractivity contribution is 5.82. The fourth-order valence-corrected chi connectivity index (χ4v) is 1.30. The number of amides is 1. The van der Waals surface area contributed by atoms with Gasteiger partial charge >= 0.3 is 0 Å². The number of β-lactam (4-membered cyclic amide) rings is 1. The SMILES string of the molecule is C=C1CCN2C(=O)C[C@H]2O1. The Morgan fingerprint density at radius 1 is 1.70 bits per heavy atom. The van der Waals surface area contributed by atoms with Crippen molar-refractivity contribution >= 4 is 5.91 Å². The van der Waals surface area contributed by atoms with E-state index in [1.54, 1.807) is 4.90 Å². The van der Waals surface area contributed by atoms with Crippen molar-refractivity contribution in [3.05, 3.63) is 12.3 Å². The van der Waals surface area contributed by atoms with E-state index in [1.165, 1.54) is 0 Å². The molecule has 0 saturated carbocycles. The number of rotatable bonds is 0. The van der Waals surface area contributed by atoms with E-state index < -0.39 is 0 Å². The fraction of sp³-hybridized carbons (Fsp3) is 0.571. The Morgan fingerprint density at radius 3 is 3.10 bits per heavy atom. The summed E-state index contributed by atoms with van der Waals surface area (Å²) in [7, 11) is 0. The van der Waals surface area contributed by atoms with E-state index in [1.807, 2.05) is 0 Å². The highest BCUT2D eigenvalue weighted by Crippen LogP contribution is 2.28. The molecule has 54 valence electrons. The lowest BCUT2D eigenvalue weighted by Crippen LogP contribution is -2.56. The zero-order chi connectivity index (χ0) is 7.14. The fourth-order valence-electron chi connectivity index (χ4n) is 1.30. The predicted molar refractivity (Wildman–Crippen MR) is 35.0 cm³/mol. The molecule has 1 atom stereocenters. The van der Waals surface area contributed by atoms with Crippen molar-refractivity contribution in [1.29, 1.82) is 0 Å². The Bertz CT molecular complexity index is 194. The lowest BCUT2D eigenvalue weighted by atomic mass is 10.1. The quantitative estimate of drug-likeness (QED) is 0.457. The number of ether oxygens (including phenoxy) is 1. The Kier molecular flexibility index (Phi) is 1.01. The van der Waals surface area contributed by atoms with E-state index in [0.717, 1.165) is 18.7 Å². The maximum absolute atomic E-state index is 10.8. The van der Waals surface area contributed by atoms with E-state index >= 15 is 0 Å². The second kappa shape index (κ2) is 1.75. The maximum atomic E-state index is 10.8. The van der Waals surface area contributed by atoms with Crippen LogP contribution in [0.4, 0.5) is 0 Å². The van der Waals surface area contributed by atoms with E-state index in [0.29, 0.717) is 6.42 Å². The van der Waals surface area contributed by atoms with E-state index in [-0.39, 0.29) is 12.1 Å². The molecule has 1 amide bonds. The lowest BCUT2D eigenvalue weighted by molar-refractivity contribution is -0.174. The zero-order valence-electron chi connectivity index (χ0n) is 5.67. The lowest BCUT2D eigenvalue weighted by Gasteiger charge is -2.43. The van der Waals surface area contributed by atoms with Crippen molar-refractivity contribution in [3.63, 3.8) is 0 Å². The van der Waals surface area contributed by atoms with Gasteiger partial charge in [-0.25, -0.2) is 0 Å². The standard InChI is InChI=1S/C7H9NO2/c1-5-2-3-8-6(9)4-7(8)10-5/h7H,1-4H2/t7-/m1/s1. The number of carbonyl (C=O) groups is 1. The van der Waals surface area contributed by atoms with Gasteiger partial charge in [0.05, 0.1) is 12.2 Å². The monoisotopic (exact) mass is 139 g/mol. The smallest absolute Gasteiger partial charge is 0.231 e. The van der Waals surface area contributed by atoms with Crippen LogP contribution in [-0.2, 0) is 9.53 Å². The van der Waals surface area contributed by atoms with E-state index in [9.17, 15) is 4.79 Å². The molecule has 0 bridgehead atoms. The van der Waals surface area contributed by atoms with Gasteiger partial charge in [-0.05, 0) is 0 Å². The molecule has 0 N–H and O–H groups in total.